The van der Waals surface area contributed by atoms with Gasteiger partial charge in [0.2, 0.25) is 0 Å². The van der Waals surface area contributed by atoms with E-state index in [-0.39, 0.29) is 6.04 Å². The van der Waals surface area contributed by atoms with Crippen molar-refractivity contribution in [1.29, 1.82) is 0 Å². The van der Waals surface area contributed by atoms with Gasteiger partial charge in [-0.25, -0.2) is 0 Å². The van der Waals surface area contributed by atoms with Gasteiger partial charge in [0.15, 0.2) is 0 Å². The summed E-state index contributed by atoms with van der Waals surface area (Å²) in [6.07, 6.45) is 0. The summed E-state index contributed by atoms with van der Waals surface area (Å²) in [6.45, 7) is 2.55. The molecule has 90 valence electrons. The van der Waals surface area contributed by atoms with Crippen molar-refractivity contribution in [2.75, 3.05) is 0 Å². The van der Waals surface area contributed by atoms with Gasteiger partial charge in [0.1, 0.15) is 12.4 Å². The molecule has 2 N–H and O–H groups in total. The fourth-order valence-corrected chi connectivity index (χ4v) is 2.96. The van der Waals surface area contributed by atoms with Crippen molar-refractivity contribution in [1.82, 2.24) is 0 Å². The first-order chi connectivity index (χ1) is 8.16. The molecule has 2 aromatic rings. The van der Waals surface area contributed by atoms with Crippen LogP contribution in [0.4, 0.5) is 0 Å². The minimum Gasteiger partial charge on any atom is -0.488 e. The van der Waals surface area contributed by atoms with E-state index in [0.29, 0.717) is 6.61 Å². The van der Waals surface area contributed by atoms with Crippen LogP contribution in [0.2, 0.25) is 0 Å². The molecule has 0 bridgehead atoms. The van der Waals surface area contributed by atoms with E-state index in [1.54, 1.807) is 11.3 Å². The van der Waals surface area contributed by atoms with Gasteiger partial charge < -0.3 is 10.5 Å². The minimum absolute atomic E-state index is 0.0127. The summed E-state index contributed by atoms with van der Waals surface area (Å²) < 4.78 is 6.93. The van der Waals surface area contributed by atoms with Gasteiger partial charge in [0, 0.05) is 16.5 Å². The van der Waals surface area contributed by atoms with Crippen molar-refractivity contribution in [3.05, 3.63) is 50.6 Å². The highest BCUT2D eigenvalue weighted by molar-refractivity contribution is 9.11. The summed E-state index contributed by atoms with van der Waals surface area (Å²) in [5.74, 6) is 0.868. The quantitative estimate of drug-likeness (QED) is 0.922. The fraction of sp³-hybridized carbons (Fsp3) is 0.231. The predicted molar refractivity (Wildman–Crippen MR) is 75.4 cm³/mol. The average molecular weight is 312 g/mol. The number of rotatable bonds is 4. The summed E-state index contributed by atoms with van der Waals surface area (Å²) in [7, 11) is 0. The van der Waals surface area contributed by atoms with Crippen LogP contribution in [0.15, 0.2) is 40.2 Å². The molecule has 0 saturated carbocycles. The monoisotopic (exact) mass is 311 g/mol. The van der Waals surface area contributed by atoms with Gasteiger partial charge in [0.25, 0.3) is 0 Å². The Morgan fingerprint density at radius 3 is 2.71 bits per heavy atom. The van der Waals surface area contributed by atoms with E-state index >= 15 is 0 Å². The van der Waals surface area contributed by atoms with Gasteiger partial charge in [-0.15, -0.1) is 11.3 Å². The number of halogens is 1. The molecule has 0 aliphatic carbocycles. The highest BCUT2D eigenvalue weighted by Crippen LogP contribution is 2.26. The summed E-state index contributed by atoms with van der Waals surface area (Å²) in [5.41, 5.74) is 6.95. The SMILES string of the molecule is C[C@H](N)c1ccccc1OCc1ccc(Br)s1. The lowest BCUT2D eigenvalue weighted by Gasteiger charge is -2.13. The molecular formula is C13H14BrNOS. The molecule has 0 aliphatic rings. The van der Waals surface area contributed by atoms with Gasteiger partial charge in [-0.3, -0.25) is 0 Å². The number of benzene rings is 1. The second-order valence-corrected chi connectivity index (χ2v) is 6.37. The number of thiophene rings is 1. The maximum atomic E-state index is 5.90. The molecule has 0 spiro atoms. The van der Waals surface area contributed by atoms with Crippen LogP contribution < -0.4 is 10.5 Å². The lowest BCUT2D eigenvalue weighted by molar-refractivity contribution is 0.305. The van der Waals surface area contributed by atoms with Gasteiger partial charge in [-0.2, -0.15) is 0 Å². The highest BCUT2D eigenvalue weighted by Gasteiger charge is 2.07. The molecule has 2 rings (SSSR count). The zero-order valence-corrected chi connectivity index (χ0v) is 11.9. The standard InChI is InChI=1S/C13H14BrNOS/c1-9(15)11-4-2-3-5-12(11)16-8-10-6-7-13(14)17-10/h2-7,9H,8,15H2,1H3/t9-/m0/s1. The average Bonchev–Trinajstić information content (AvgIpc) is 2.73. The van der Waals surface area contributed by atoms with Crippen LogP contribution >= 0.6 is 27.3 Å². The van der Waals surface area contributed by atoms with E-state index in [1.165, 1.54) is 4.88 Å². The first kappa shape index (κ1) is 12.6. The zero-order chi connectivity index (χ0) is 12.3. The zero-order valence-electron chi connectivity index (χ0n) is 9.52. The maximum Gasteiger partial charge on any atom is 0.124 e. The lowest BCUT2D eigenvalue weighted by Crippen LogP contribution is -2.07. The number of para-hydroxylation sites is 1. The summed E-state index contributed by atoms with van der Waals surface area (Å²) in [6, 6.07) is 12.0. The van der Waals surface area contributed by atoms with Crippen LogP contribution in [0, 0.1) is 0 Å². The van der Waals surface area contributed by atoms with Crippen molar-refractivity contribution >= 4 is 27.3 Å². The van der Waals surface area contributed by atoms with Gasteiger partial charge in [-0.05, 0) is 41.1 Å². The van der Waals surface area contributed by atoms with Crippen molar-refractivity contribution in [3.63, 3.8) is 0 Å². The lowest BCUT2D eigenvalue weighted by atomic mass is 10.1. The second kappa shape index (κ2) is 5.67. The van der Waals surface area contributed by atoms with E-state index in [0.717, 1.165) is 15.1 Å². The third-order valence-electron chi connectivity index (χ3n) is 2.41. The molecule has 0 amide bonds. The Morgan fingerprint density at radius 1 is 1.29 bits per heavy atom. The van der Waals surface area contributed by atoms with E-state index in [9.17, 15) is 0 Å². The van der Waals surface area contributed by atoms with Crippen LogP contribution in [-0.2, 0) is 6.61 Å². The molecule has 0 saturated heterocycles. The highest BCUT2D eigenvalue weighted by atomic mass is 79.9. The number of hydrogen-bond donors (Lipinski definition) is 1. The summed E-state index contributed by atoms with van der Waals surface area (Å²) >= 11 is 5.12. The van der Waals surface area contributed by atoms with Crippen molar-refractivity contribution in [2.24, 2.45) is 5.73 Å². The molecule has 1 aromatic heterocycles. The Balaban J connectivity index is 2.08. The number of nitrogens with two attached hydrogens (primary N) is 1. The number of ether oxygens (including phenoxy) is 1. The third kappa shape index (κ3) is 3.31. The van der Waals surface area contributed by atoms with E-state index in [4.69, 9.17) is 10.5 Å². The molecule has 0 aliphatic heterocycles. The topological polar surface area (TPSA) is 35.2 Å². The Hall–Kier alpha value is -0.840. The molecule has 0 fully saturated rings. The summed E-state index contributed by atoms with van der Waals surface area (Å²) in [4.78, 5) is 1.19. The normalized spacial score (nSPS) is 12.4. The molecule has 0 radical (unpaired) electrons. The first-order valence-corrected chi connectivity index (χ1v) is 6.99. The van der Waals surface area contributed by atoms with Crippen LogP contribution in [0.3, 0.4) is 0 Å². The third-order valence-corrected chi connectivity index (χ3v) is 4.01. The van der Waals surface area contributed by atoms with Crippen LogP contribution in [-0.4, -0.2) is 0 Å². The van der Waals surface area contributed by atoms with Crippen LogP contribution in [0.5, 0.6) is 5.75 Å². The molecule has 2 nitrogen and oxygen atoms in total. The van der Waals surface area contributed by atoms with E-state index in [1.807, 2.05) is 37.3 Å². The molecule has 1 atom stereocenters. The van der Waals surface area contributed by atoms with Crippen molar-refractivity contribution in [3.8, 4) is 5.75 Å². The smallest absolute Gasteiger partial charge is 0.124 e. The molecule has 0 unspecified atom stereocenters. The summed E-state index contributed by atoms with van der Waals surface area (Å²) in [5, 5.41) is 0. The molecule has 1 heterocycles. The Labute approximate surface area is 114 Å². The maximum absolute atomic E-state index is 5.90. The molecule has 4 heteroatoms. The Bertz CT molecular complexity index is 496. The van der Waals surface area contributed by atoms with Crippen LogP contribution in [0.25, 0.3) is 0 Å². The van der Waals surface area contributed by atoms with E-state index in [2.05, 4.69) is 22.0 Å². The van der Waals surface area contributed by atoms with E-state index < -0.39 is 0 Å². The molecular weight excluding hydrogens is 298 g/mol. The second-order valence-electron chi connectivity index (χ2n) is 3.82. The Kier molecular flexibility index (Phi) is 4.20. The minimum atomic E-state index is -0.0127. The molecule has 17 heavy (non-hydrogen) atoms. The predicted octanol–water partition coefficient (Wildman–Crippen LogP) is 4.11. The first-order valence-electron chi connectivity index (χ1n) is 5.38. The van der Waals surface area contributed by atoms with Gasteiger partial charge in [0.05, 0.1) is 3.79 Å². The molecule has 1 aromatic carbocycles. The number of hydrogen-bond acceptors (Lipinski definition) is 3. The van der Waals surface area contributed by atoms with Crippen LogP contribution in [0.1, 0.15) is 23.4 Å². The largest absolute Gasteiger partial charge is 0.488 e. The van der Waals surface area contributed by atoms with Gasteiger partial charge in [-0.1, -0.05) is 18.2 Å². The van der Waals surface area contributed by atoms with Gasteiger partial charge >= 0.3 is 0 Å². The Morgan fingerprint density at radius 2 is 2.06 bits per heavy atom. The van der Waals surface area contributed by atoms with Crippen molar-refractivity contribution in [2.45, 2.75) is 19.6 Å². The fourth-order valence-electron chi connectivity index (χ4n) is 1.57. The van der Waals surface area contributed by atoms with Crippen molar-refractivity contribution < 1.29 is 4.74 Å².